The largest absolute Gasteiger partial charge is 0.309 e. The zero-order valence-corrected chi connectivity index (χ0v) is 13.1. The zero-order valence-electron chi connectivity index (χ0n) is 11.6. The molecular weight excluding hydrogens is 279 g/mol. The molecule has 1 unspecified atom stereocenters. The summed E-state index contributed by atoms with van der Waals surface area (Å²) in [6, 6.07) is 2.04. The Labute approximate surface area is 125 Å². The van der Waals surface area contributed by atoms with Crippen molar-refractivity contribution in [2.75, 3.05) is 6.54 Å². The van der Waals surface area contributed by atoms with Crippen LogP contribution in [0.5, 0.6) is 0 Å². The number of rotatable bonds is 4. The lowest BCUT2D eigenvalue weighted by atomic mass is 9.78. The van der Waals surface area contributed by atoms with Crippen molar-refractivity contribution in [1.29, 1.82) is 0 Å². The Hall–Kier alpha value is -0.310. The molecule has 2 rings (SSSR count). The van der Waals surface area contributed by atoms with Crippen LogP contribution < -0.4 is 5.32 Å². The molecule has 1 N–H and O–H groups in total. The topological polar surface area (TPSA) is 24.9 Å². The summed E-state index contributed by atoms with van der Waals surface area (Å²) in [6.07, 6.45) is 6.80. The van der Waals surface area contributed by atoms with E-state index in [4.69, 9.17) is 23.2 Å². The molecule has 0 aromatic carbocycles. The maximum absolute atomic E-state index is 6.32. The first-order valence-corrected chi connectivity index (χ1v) is 7.91. The molecule has 0 amide bonds. The number of nitrogens with zero attached hydrogens (tertiary/aromatic N) is 1. The summed E-state index contributed by atoms with van der Waals surface area (Å²) >= 11 is 12.3. The summed E-state index contributed by atoms with van der Waals surface area (Å²) in [5, 5.41) is 4.83. The monoisotopic (exact) mass is 300 g/mol. The van der Waals surface area contributed by atoms with Gasteiger partial charge in [0, 0.05) is 6.20 Å². The van der Waals surface area contributed by atoms with Crippen LogP contribution in [0.1, 0.15) is 51.3 Å². The third-order valence-corrected chi connectivity index (χ3v) is 4.60. The lowest BCUT2D eigenvalue weighted by Crippen LogP contribution is -2.31. The first-order chi connectivity index (χ1) is 9.11. The molecule has 0 spiro atoms. The van der Waals surface area contributed by atoms with E-state index in [-0.39, 0.29) is 6.04 Å². The van der Waals surface area contributed by atoms with E-state index in [9.17, 15) is 0 Å². The van der Waals surface area contributed by atoms with E-state index < -0.39 is 0 Å². The Morgan fingerprint density at radius 2 is 2.00 bits per heavy atom. The SMILES string of the molecule is CCNC(c1ncc(Cl)cc1Cl)C1CCC(C)CC1. The molecule has 106 valence electrons. The summed E-state index contributed by atoms with van der Waals surface area (Å²) in [6.45, 7) is 5.39. The van der Waals surface area contributed by atoms with E-state index >= 15 is 0 Å². The highest BCUT2D eigenvalue weighted by Gasteiger charge is 2.28. The lowest BCUT2D eigenvalue weighted by Gasteiger charge is -2.33. The van der Waals surface area contributed by atoms with Gasteiger partial charge >= 0.3 is 0 Å². The normalized spacial score (nSPS) is 25.3. The van der Waals surface area contributed by atoms with Crippen LogP contribution in [0, 0.1) is 11.8 Å². The van der Waals surface area contributed by atoms with Crippen LogP contribution >= 0.6 is 23.2 Å². The summed E-state index contributed by atoms with van der Waals surface area (Å²) in [7, 11) is 0. The molecule has 1 aromatic rings. The summed E-state index contributed by atoms with van der Waals surface area (Å²) in [5.74, 6) is 1.48. The minimum atomic E-state index is 0.252. The van der Waals surface area contributed by atoms with Crippen molar-refractivity contribution in [1.82, 2.24) is 10.3 Å². The quantitative estimate of drug-likeness (QED) is 0.858. The van der Waals surface area contributed by atoms with Gasteiger partial charge in [0.25, 0.3) is 0 Å². The predicted octanol–water partition coefficient (Wildman–Crippen LogP) is 4.87. The van der Waals surface area contributed by atoms with Crippen molar-refractivity contribution in [3.8, 4) is 0 Å². The number of pyridine rings is 1. The molecule has 1 saturated carbocycles. The molecule has 0 saturated heterocycles. The van der Waals surface area contributed by atoms with Gasteiger partial charge in [-0.15, -0.1) is 0 Å². The average molecular weight is 301 g/mol. The Morgan fingerprint density at radius 3 is 2.58 bits per heavy atom. The Balaban J connectivity index is 2.19. The van der Waals surface area contributed by atoms with Gasteiger partial charge in [-0.05, 0) is 37.3 Å². The molecule has 1 heterocycles. The number of hydrogen-bond acceptors (Lipinski definition) is 2. The van der Waals surface area contributed by atoms with Gasteiger partial charge < -0.3 is 5.32 Å². The van der Waals surface area contributed by atoms with Crippen molar-refractivity contribution in [2.45, 2.75) is 45.6 Å². The minimum Gasteiger partial charge on any atom is -0.309 e. The molecule has 1 aliphatic rings. The van der Waals surface area contributed by atoms with Gasteiger partial charge in [0.2, 0.25) is 0 Å². The second-order valence-electron chi connectivity index (χ2n) is 5.58. The van der Waals surface area contributed by atoms with Gasteiger partial charge in [0.15, 0.2) is 0 Å². The summed E-state index contributed by atoms with van der Waals surface area (Å²) in [4.78, 5) is 4.46. The van der Waals surface area contributed by atoms with Crippen molar-refractivity contribution in [3.05, 3.63) is 28.0 Å². The molecular formula is C15H22Cl2N2. The van der Waals surface area contributed by atoms with Gasteiger partial charge in [-0.1, -0.05) is 49.9 Å². The van der Waals surface area contributed by atoms with Crippen molar-refractivity contribution in [2.24, 2.45) is 11.8 Å². The number of halogens is 2. The highest BCUT2D eigenvalue weighted by Crippen LogP contribution is 2.38. The number of nitrogens with one attached hydrogen (secondary N) is 1. The average Bonchev–Trinajstić information content (AvgIpc) is 2.38. The van der Waals surface area contributed by atoms with E-state index in [1.807, 2.05) is 0 Å². The molecule has 19 heavy (non-hydrogen) atoms. The summed E-state index contributed by atoms with van der Waals surface area (Å²) < 4.78 is 0. The van der Waals surface area contributed by atoms with Crippen molar-refractivity contribution >= 4 is 23.2 Å². The van der Waals surface area contributed by atoms with Crippen LogP contribution in [0.15, 0.2) is 12.3 Å². The molecule has 0 aliphatic heterocycles. The fourth-order valence-electron chi connectivity index (χ4n) is 2.98. The Morgan fingerprint density at radius 1 is 1.32 bits per heavy atom. The van der Waals surface area contributed by atoms with Crippen LogP contribution in [0.2, 0.25) is 10.0 Å². The Bertz CT molecular complexity index is 415. The molecule has 1 atom stereocenters. The third kappa shape index (κ3) is 3.84. The first kappa shape index (κ1) is 15.1. The molecule has 2 nitrogen and oxygen atoms in total. The van der Waals surface area contributed by atoms with E-state index in [1.54, 1.807) is 12.3 Å². The van der Waals surface area contributed by atoms with Gasteiger partial charge in [-0.2, -0.15) is 0 Å². The van der Waals surface area contributed by atoms with E-state index in [0.29, 0.717) is 16.0 Å². The standard InChI is InChI=1S/C15H22Cl2N2/c1-3-18-14(11-6-4-10(2)5-7-11)15-13(17)8-12(16)9-19-15/h8-11,14,18H,3-7H2,1-2H3. The molecule has 1 aromatic heterocycles. The van der Waals surface area contributed by atoms with E-state index in [0.717, 1.165) is 18.2 Å². The molecule has 0 bridgehead atoms. The van der Waals surface area contributed by atoms with Crippen LogP contribution in [-0.2, 0) is 0 Å². The molecule has 1 aliphatic carbocycles. The van der Waals surface area contributed by atoms with Crippen LogP contribution in [0.3, 0.4) is 0 Å². The highest BCUT2D eigenvalue weighted by molar-refractivity contribution is 6.34. The molecule has 0 radical (unpaired) electrons. The fourth-order valence-corrected chi connectivity index (χ4v) is 3.48. The van der Waals surface area contributed by atoms with Crippen LogP contribution in [0.25, 0.3) is 0 Å². The van der Waals surface area contributed by atoms with Crippen molar-refractivity contribution < 1.29 is 0 Å². The van der Waals surface area contributed by atoms with Crippen molar-refractivity contribution in [3.63, 3.8) is 0 Å². The smallest absolute Gasteiger partial charge is 0.0762 e. The van der Waals surface area contributed by atoms with Gasteiger partial charge in [0.05, 0.1) is 21.8 Å². The molecule has 4 heteroatoms. The number of hydrogen-bond donors (Lipinski definition) is 1. The predicted molar refractivity (Wildman–Crippen MR) is 81.8 cm³/mol. The van der Waals surface area contributed by atoms with Gasteiger partial charge in [-0.3, -0.25) is 4.98 Å². The summed E-state index contributed by atoms with van der Waals surface area (Å²) in [5.41, 5.74) is 0.951. The van der Waals surface area contributed by atoms with Gasteiger partial charge in [-0.25, -0.2) is 0 Å². The van der Waals surface area contributed by atoms with Crippen LogP contribution in [-0.4, -0.2) is 11.5 Å². The maximum atomic E-state index is 6.32. The fraction of sp³-hybridized carbons (Fsp3) is 0.667. The third-order valence-electron chi connectivity index (χ3n) is 4.09. The number of aromatic nitrogens is 1. The second kappa shape index (κ2) is 6.92. The highest BCUT2D eigenvalue weighted by atomic mass is 35.5. The zero-order chi connectivity index (χ0) is 13.8. The van der Waals surface area contributed by atoms with Gasteiger partial charge in [0.1, 0.15) is 0 Å². The van der Waals surface area contributed by atoms with E-state index in [1.165, 1.54) is 25.7 Å². The maximum Gasteiger partial charge on any atom is 0.0762 e. The van der Waals surface area contributed by atoms with Crippen LogP contribution in [0.4, 0.5) is 0 Å². The second-order valence-corrected chi connectivity index (χ2v) is 6.42. The lowest BCUT2D eigenvalue weighted by molar-refractivity contribution is 0.230. The van der Waals surface area contributed by atoms with E-state index in [2.05, 4.69) is 24.1 Å². The minimum absolute atomic E-state index is 0.252. The molecule has 1 fully saturated rings. The first-order valence-electron chi connectivity index (χ1n) is 7.16. The Kier molecular flexibility index (Phi) is 5.49.